The van der Waals surface area contributed by atoms with Gasteiger partial charge in [0.05, 0.1) is 14.2 Å². The fraction of sp³-hybridized carbons (Fsp3) is 0.364. The maximum absolute atomic E-state index is 9.73. The number of piperazine rings is 1. The van der Waals surface area contributed by atoms with E-state index in [1.807, 2.05) is 48.5 Å². The molecule has 0 unspecified atom stereocenters. The molecule has 0 saturated carbocycles. The largest absolute Gasteiger partial charge is 0.497 e. The Bertz CT molecular complexity index is 771. The van der Waals surface area contributed by atoms with E-state index >= 15 is 0 Å². The number of nitrogens with one attached hydrogen (secondary N) is 2. The standard InChI is InChI=1S/C22H24N4O2/c1-27-19-7-3-17(4-8-19)21(15-23)25-11-13-26(14-12-25)22(16-24)18-5-9-20(28-2)10-6-18/h3-10,21-22H,11-14H2,1-2H3/p+2/t21-,22-/m1/s1. The summed E-state index contributed by atoms with van der Waals surface area (Å²) in [6.07, 6.45) is 0. The van der Waals surface area contributed by atoms with Crippen LogP contribution in [-0.2, 0) is 0 Å². The lowest BCUT2D eigenvalue weighted by Crippen LogP contribution is -3.28. The molecular weight excluding hydrogens is 352 g/mol. The minimum Gasteiger partial charge on any atom is -0.497 e. The van der Waals surface area contributed by atoms with Crippen molar-refractivity contribution in [2.24, 2.45) is 0 Å². The monoisotopic (exact) mass is 378 g/mol. The van der Waals surface area contributed by atoms with Gasteiger partial charge in [-0.2, -0.15) is 10.5 Å². The summed E-state index contributed by atoms with van der Waals surface area (Å²) in [5, 5.41) is 19.5. The smallest absolute Gasteiger partial charge is 0.201 e. The van der Waals surface area contributed by atoms with Gasteiger partial charge in [0, 0.05) is 11.1 Å². The molecule has 6 nitrogen and oxygen atoms in total. The van der Waals surface area contributed by atoms with Gasteiger partial charge in [0.25, 0.3) is 0 Å². The topological polar surface area (TPSA) is 74.9 Å². The number of methoxy groups -OCH3 is 2. The molecule has 1 fully saturated rings. The highest BCUT2D eigenvalue weighted by molar-refractivity contribution is 5.31. The van der Waals surface area contributed by atoms with E-state index in [0.29, 0.717) is 0 Å². The molecule has 0 amide bonds. The van der Waals surface area contributed by atoms with Gasteiger partial charge in [-0.1, -0.05) is 0 Å². The molecule has 2 aromatic carbocycles. The van der Waals surface area contributed by atoms with Crippen molar-refractivity contribution < 1.29 is 19.3 Å². The van der Waals surface area contributed by atoms with E-state index in [4.69, 9.17) is 9.47 Å². The van der Waals surface area contributed by atoms with Gasteiger partial charge in [-0.3, -0.25) is 0 Å². The van der Waals surface area contributed by atoms with Crippen LogP contribution < -0.4 is 19.3 Å². The Hall–Kier alpha value is -3.06. The van der Waals surface area contributed by atoms with E-state index in [1.165, 1.54) is 9.80 Å². The second-order valence-electron chi connectivity index (χ2n) is 6.99. The Morgan fingerprint density at radius 1 is 0.679 bits per heavy atom. The highest BCUT2D eigenvalue weighted by atomic mass is 16.5. The summed E-state index contributed by atoms with van der Waals surface area (Å²) >= 11 is 0. The molecule has 2 aromatic rings. The third kappa shape index (κ3) is 4.26. The lowest BCUT2D eigenvalue weighted by molar-refractivity contribution is -1.03. The highest BCUT2D eigenvalue weighted by Gasteiger charge is 2.34. The van der Waals surface area contributed by atoms with Crippen LogP contribution in [-0.4, -0.2) is 40.4 Å². The van der Waals surface area contributed by atoms with Crippen LogP contribution >= 0.6 is 0 Å². The first-order valence-electron chi connectivity index (χ1n) is 9.46. The molecule has 2 N–H and O–H groups in total. The summed E-state index contributed by atoms with van der Waals surface area (Å²) in [4.78, 5) is 2.51. The van der Waals surface area contributed by atoms with Crippen LogP contribution in [0, 0.1) is 22.7 Å². The maximum Gasteiger partial charge on any atom is 0.201 e. The lowest BCUT2D eigenvalue weighted by Gasteiger charge is -2.34. The zero-order valence-electron chi connectivity index (χ0n) is 16.3. The van der Waals surface area contributed by atoms with E-state index < -0.39 is 0 Å². The summed E-state index contributed by atoms with van der Waals surface area (Å²) in [6, 6.07) is 20.0. The normalized spacial score (nSPS) is 21.0. The van der Waals surface area contributed by atoms with Crippen LogP contribution in [0.1, 0.15) is 23.2 Å². The van der Waals surface area contributed by atoms with Gasteiger partial charge < -0.3 is 19.3 Å². The van der Waals surface area contributed by atoms with Crippen molar-refractivity contribution >= 4 is 0 Å². The molecular formula is C22H26N4O2+2. The number of hydrogen-bond acceptors (Lipinski definition) is 4. The van der Waals surface area contributed by atoms with Crippen LogP contribution in [0.2, 0.25) is 0 Å². The fourth-order valence-corrected chi connectivity index (χ4v) is 3.87. The summed E-state index contributed by atoms with van der Waals surface area (Å²) in [6.45, 7) is 3.42. The quantitative estimate of drug-likeness (QED) is 0.759. The Labute approximate surface area is 166 Å². The number of ether oxygens (including phenoxy) is 2. The third-order valence-electron chi connectivity index (χ3n) is 5.51. The maximum atomic E-state index is 9.73. The van der Waals surface area contributed by atoms with Gasteiger partial charge in [0.2, 0.25) is 12.1 Å². The first-order valence-corrected chi connectivity index (χ1v) is 9.46. The molecule has 0 bridgehead atoms. The molecule has 3 rings (SSSR count). The van der Waals surface area contributed by atoms with Crippen LogP contribution in [0.5, 0.6) is 11.5 Å². The minimum atomic E-state index is -0.200. The van der Waals surface area contributed by atoms with Crippen LogP contribution in [0.15, 0.2) is 48.5 Å². The predicted octanol–water partition coefficient (Wildman–Crippen LogP) is 0.317. The SMILES string of the molecule is COc1ccc([C@@H](C#N)[NH+]2CC[NH+]([C@H](C#N)c3ccc(OC)cc3)CC2)cc1. The average molecular weight is 378 g/mol. The molecule has 1 heterocycles. The van der Waals surface area contributed by atoms with Gasteiger partial charge in [-0.15, -0.1) is 0 Å². The summed E-state index contributed by atoms with van der Waals surface area (Å²) in [5.41, 5.74) is 2.02. The van der Waals surface area contributed by atoms with Crippen molar-refractivity contribution in [3.8, 4) is 23.6 Å². The summed E-state index contributed by atoms with van der Waals surface area (Å²) < 4.78 is 10.4. The van der Waals surface area contributed by atoms with Crippen molar-refractivity contribution in [1.82, 2.24) is 0 Å². The molecule has 1 saturated heterocycles. The van der Waals surface area contributed by atoms with E-state index in [2.05, 4.69) is 12.1 Å². The van der Waals surface area contributed by atoms with Crippen molar-refractivity contribution in [2.75, 3.05) is 40.4 Å². The third-order valence-corrected chi connectivity index (χ3v) is 5.51. The highest BCUT2D eigenvalue weighted by Crippen LogP contribution is 2.17. The number of hydrogen-bond donors (Lipinski definition) is 2. The first-order chi connectivity index (χ1) is 13.7. The van der Waals surface area contributed by atoms with E-state index in [1.54, 1.807) is 14.2 Å². The number of nitrogens with zero attached hydrogens (tertiary/aromatic N) is 2. The summed E-state index contributed by atoms with van der Waals surface area (Å²) in [5.74, 6) is 1.59. The number of nitriles is 2. The van der Waals surface area contributed by atoms with Crippen molar-refractivity contribution in [3.63, 3.8) is 0 Å². The first kappa shape index (κ1) is 19.7. The van der Waals surface area contributed by atoms with Crippen LogP contribution in [0.25, 0.3) is 0 Å². The number of rotatable bonds is 6. The van der Waals surface area contributed by atoms with E-state index in [-0.39, 0.29) is 12.1 Å². The van der Waals surface area contributed by atoms with Crippen molar-refractivity contribution in [3.05, 3.63) is 59.7 Å². The molecule has 144 valence electrons. The van der Waals surface area contributed by atoms with Gasteiger partial charge in [0.15, 0.2) is 0 Å². The zero-order chi connectivity index (χ0) is 19.9. The number of quaternary nitrogens is 2. The number of benzene rings is 2. The molecule has 1 aliphatic rings. The van der Waals surface area contributed by atoms with E-state index in [9.17, 15) is 10.5 Å². The molecule has 0 spiro atoms. The Morgan fingerprint density at radius 2 is 1.00 bits per heavy atom. The van der Waals surface area contributed by atoms with Crippen molar-refractivity contribution in [2.45, 2.75) is 12.1 Å². The minimum absolute atomic E-state index is 0.200. The molecule has 1 aliphatic heterocycles. The molecule has 0 aromatic heterocycles. The lowest BCUT2D eigenvalue weighted by atomic mass is 10.0. The van der Waals surface area contributed by atoms with Gasteiger partial charge in [0.1, 0.15) is 49.8 Å². The second-order valence-corrected chi connectivity index (χ2v) is 6.99. The Kier molecular flexibility index (Phi) is 6.49. The van der Waals surface area contributed by atoms with Crippen LogP contribution in [0.4, 0.5) is 0 Å². The predicted molar refractivity (Wildman–Crippen MR) is 104 cm³/mol. The average Bonchev–Trinajstić information content (AvgIpc) is 2.77. The fourth-order valence-electron chi connectivity index (χ4n) is 3.87. The molecule has 28 heavy (non-hydrogen) atoms. The second kappa shape index (κ2) is 9.23. The molecule has 0 radical (unpaired) electrons. The van der Waals surface area contributed by atoms with Gasteiger partial charge >= 0.3 is 0 Å². The molecule has 2 atom stereocenters. The summed E-state index contributed by atoms with van der Waals surface area (Å²) in [7, 11) is 3.27. The Balaban J connectivity index is 1.66. The molecule has 6 heteroatoms. The molecule has 0 aliphatic carbocycles. The van der Waals surface area contributed by atoms with Gasteiger partial charge in [-0.05, 0) is 48.5 Å². The van der Waals surface area contributed by atoms with Crippen molar-refractivity contribution in [1.29, 1.82) is 10.5 Å². The zero-order valence-corrected chi connectivity index (χ0v) is 16.3. The Morgan fingerprint density at radius 3 is 1.25 bits per heavy atom. The van der Waals surface area contributed by atoms with E-state index in [0.717, 1.165) is 48.8 Å². The van der Waals surface area contributed by atoms with Crippen LogP contribution in [0.3, 0.4) is 0 Å². The van der Waals surface area contributed by atoms with Gasteiger partial charge in [-0.25, -0.2) is 0 Å².